The van der Waals surface area contributed by atoms with E-state index in [1.54, 1.807) is 0 Å². The van der Waals surface area contributed by atoms with E-state index in [9.17, 15) is 4.79 Å². The van der Waals surface area contributed by atoms with Crippen LogP contribution in [0.5, 0.6) is 5.75 Å². The Bertz CT molecular complexity index is 830. The maximum atomic E-state index is 12.9. The Morgan fingerprint density at radius 1 is 1.07 bits per heavy atom. The molecule has 3 rings (SSSR count). The Morgan fingerprint density at radius 2 is 1.77 bits per heavy atom. The minimum absolute atomic E-state index is 0.0614. The van der Waals surface area contributed by atoms with Gasteiger partial charge in [-0.2, -0.15) is 4.98 Å². The molecule has 0 N–H and O–H groups in total. The summed E-state index contributed by atoms with van der Waals surface area (Å²) in [5.74, 6) is 2.51. The highest BCUT2D eigenvalue weighted by Gasteiger charge is 2.24. The molecule has 0 bridgehead atoms. The number of aromatic nitrogens is 2. The highest BCUT2D eigenvalue weighted by molar-refractivity contribution is 5.94. The van der Waals surface area contributed by atoms with Crippen molar-refractivity contribution in [3.05, 3.63) is 41.6 Å². The molecule has 1 aromatic carbocycles. The van der Waals surface area contributed by atoms with E-state index >= 15 is 0 Å². The Balaban J connectivity index is 1.55. The van der Waals surface area contributed by atoms with Crippen LogP contribution >= 0.6 is 0 Å². The zero-order valence-electron chi connectivity index (χ0n) is 18.6. The molecule has 7 heteroatoms. The number of unbranched alkanes of at least 4 members (excludes halogenated alkanes) is 2. The topological polar surface area (TPSA) is 61.8 Å². The fourth-order valence-electron chi connectivity index (χ4n) is 3.44. The Labute approximate surface area is 179 Å². The minimum atomic E-state index is 0.0614. The van der Waals surface area contributed by atoms with Crippen molar-refractivity contribution in [2.24, 2.45) is 0 Å². The molecule has 0 aliphatic carbocycles. The van der Waals surface area contributed by atoms with E-state index in [0.717, 1.165) is 49.3 Å². The number of amides is 1. The van der Waals surface area contributed by atoms with E-state index in [1.165, 1.54) is 12.8 Å². The van der Waals surface area contributed by atoms with Crippen LogP contribution in [0.15, 0.2) is 30.3 Å². The molecule has 2 heterocycles. The SMILES string of the molecule is CCCCCOc1ccc(C(=O)N2CCN(c3nc(C)cc(N(C)C)n3)CC2)cc1. The smallest absolute Gasteiger partial charge is 0.253 e. The molecule has 162 valence electrons. The van der Waals surface area contributed by atoms with E-state index in [2.05, 4.69) is 21.8 Å². The molecule has 30 heavy (non-hydrogen) atoms. The molecule has 1 aromatic heterocycles. The van der Waals surface area contributed by atoms with Crippen LogP contribution in [-0.2, 0) is 0 Å². The largest absolute Gasteiger partial charge is 0.494 e. The number of aryl methyl sites for hydroxylation is 1. The quantitative estimate of drug-likeness (QED) is 0.621. The second-order valence-corrected chi connectivity index (χ2v) is 7.92. The van der Waals surface area contributed by atoms with Crippen LogP contribution in [0.3, 0.4) is 0 Å². The fraction of sp³-hybridized carbons (Fsp3) is 0.522. The van der Waals surface area contributed by atoms with E-state index in [4.69, 9.17) is 4.74 Å². The molecular formula is C23H33N5O2. The van der Waals surface area contributed by atoms with E-state index in [1.807, 2.05) is 61.2 Å². The van der Waals surface area contributed by atoms with E-state index < -0.39 is 0 Å². The third-order valence-corrected chi connectivity index (χ3v) is 5.25. The van der Waals surface area contributed by atoms with Gasteiger partial charge in [0, 0.05) is 57.6 Å². The molecule has 1 fully saturated rings. The van der Waals surface area contributed by atoms with Gasteiger partial charge in [0.05, 0.1) is 6.61 Å². The van der Waals surface area contributed by atoms with Crippen molar-refractivity contribution in [3.63, 3.8) is 0 Å². The summed E-state index contributed by atoms with van der Waals surface area (Å²) in [5.41, 5.74) is 1.64. The van der Waals surface area contributed by atoms with Crippen LogP contribution in [0.2, 0.25) is 0 Å². The van der Waals surface area contributed by atoms with Crippen molar-refractivity contribution < 1.29 is 9.53 Å². The summed E-state index contributed by atoms with van der Waals surface area (Å²) in [4.78, 5) is 28.1. The van der Waals surface area contributed by atoms with Gasteiger partial charge in [-0.1, -0.05) is 19.8 Å². The molecule has 0 unspecified atom stereocenters. The third kappa shape index (κ3) is 5.62. The summed E-state index contributed by atoms with van der Waals surface area (Å²) in [6, 6.07) is 9.46. The van der Waals surface area contributed by atoms with Crippen molar-refractivity contribution in [2.45, 2.75) is 33.1 Å². The minimum Gasteiger partial charge on any atom is -0.494 e. The number of piperazine rings is 1. The fourth-order valence-corrected chi connectivity index (χ4v) is 3.44. The molecule has 0 atom stereocenters. The summed E-state index contributed by atoms with van der Waals surface area (Å²) < 4.78 is 5.74. The van der Waals surface area contributed by atoms with Crippen molar-refractivity contribution in [3.8, 4) is 5.75 Å². The predicted molar refractivity (Wildman–Crippen MR) is 121 cm³/mol. The lowest BCUT2D eigenvalue weighted by Gasteiger charge is -2.35. The number of ether oxygens (including phenoxy) is 1. The lowest BCUT2D eigenvalue weighted by atomic mass is 10.1. The Hall–Kier alpha value is -2.83. The monoisotopic (exact) mass is 411 g/mol. The number of rotatable bonds is 8. The Morgan fingerprint density at radius 3 is 2.40 bits per heavy atom. The molecule has 7 nitrogen and oxygen atoms in total. The van der Waals surface area contributed by atoms with Gasteiger partial charge in [0.15, 0.2) is 0 Å². The number of carbonyl (C=O) groups excluding carboxylic acids is 1. The van der Waals surface area contributed by atoms with Gasteiger partial charge in [-0.15, -0.1) is 0 Å². The zero-order valence-corrected chi connectivity index (χ0v) is 18.6. The second-order valence-electron chi connectivity index (χ2n) is 7.92. The van der Waals surface area contributed by atoms with Gasteiger partial charge < -0.3 is 19.4 Å². The van der Waals surface area contributed by atoms with Gasteiger partial charge in [-0.25, -0.2) is 4.98 Å². The summed E-state index contributed by atoms with van der Waals surface area (Å²) in [5, 5.41) is 0. The number of nitrogens with zero attached hydrogens (tertiary/aromatic N) is 5. The third-order valence-electron chi connectivity index (χ3n) is 5.25. The first-order chi connectivity index (χ1) is 14.5. The summed E-state index contributed by atoms with van der Waals surface area (Å²) in [7, 11) is 3.95. The van der Waals surface area contributed by atoms with Crippen LogP contribution in [-0.4, -0.2) is 67.7 Å². The first-order valence-corrected chi connectivity index (χ1v) is 10.8. The standard InChI is InChI=1S/C23H33N5O2/c1-5-6-7-16-30-20-10-8-19(9-11-20)22(29)27-12-14-28(15-13-27)23-24-18(2)17-21(25-23)26(3)4/h8-11,17H,5-7,12-16H2,1-4H3. The Kier molecular flexibility index (Phi) is 7.49. The van der Waals surface area contributed by atoms with E-state index in [-0.39, 0.29) is 5.91 Å². The van der Waals surface area contributed by atoms with Gasteiger partial charge in [0.1, 0.15) is 11.6 Å². The molecule has 0 spiro atoms. The lowest BCUT2D eigenvalue weighted by Crippen LogP contribution is -2.49. The van der Waals surface area contributed by atoms with Crippen LogP contribution in [0.4, 0.5) is 11.8 Å². The molecule has 1 aliphatic rings. The first-order valence-electron chi connectivity index (χ1n) is 10.8. The summed E-state index contributed by atoms with van der Waals surface area (Å²) in [6.07, 6.45) is 3.41. The van der Waals surface area contributed by atoms with Crippen molar-refractivity contribution in [1.82, 2.24) is 14.9 Å². The maximum Gasteiger partial charge on any atom is 0.253 e. The van der Waals surface area contributed by atoms with Crippen molar-refractivity contribution in [2.75, 3.05) is 56.7 Å². The molecule has 0 radical (unpaired) electrons. The van der Waals surface area contributed by atoms with Gasteiger partial charge in [-0.3, -0.25) is 4.79 Å². The molecule has 0 saturated carbocycles. The summed E-state index contributed by atoms with van der Waals surface area (Å²) >= 11 is 0. The number of hydrogen-bond acceptors (Lipinski definition) is 6. The number of carbonyl (C=O) groups is 1. The van der Waals surface area contributed by atoms with Crippen LogP contribution in [0.1, 0.15) is 42.2 Å². The van der Waals surface area contributed by atoms with Gasteiger partial charge >= 0.3 is 0 Å². The zero-order chi connectivity index (χ0) is 21.5. The average Bonchev–Trinajstić information content (AvgIpc) is 2.76. The normalized spacial score (nSPS) is 14.0. The van der Waals surface area contributed by atoms with Gasteiger partial charge in [0.2, 0.25) is 5.95 Å². The van der Waals surface area contributed by atoms with Gasteiger partial charge in [0.25, 0.3) is 5.91 Å². The second kappa shape index (κ2) is 10.3. The van der Waals surface area contributed by atoms with Crippen LogP contribution < -0.4 is 14.5 Å². The predicted octanol–water partition coefficient (Wildman–Crippen LogP) is 3.38. The highest BCUT2D eigenvalue weighted by Crippen LogP contribution is 2.19. The lowest BCUT2D eigenvalue weighted by molar-refractivity contribution is 0.0746. The number of hydrogen-bond donors (Lipinski definition) is 0. The van der Waals surface area contributed by atoms with Gasteiger partial charge in [-0.05, 0) is 37.6 Å². The molecule has 1 amide bonds. The number of anilines is 2. The van der Waals surface area contributed by atoms with E-state index in [0.29, 0.717) is 18.7 Å². The maximum absolute atomic E-state index is 12.9. The molecule has 1 saturated heterocycles. The van der Waals surface area contributed by atoms with Crippen molar-refractivity contribution in [1.29, 1.82) is 0 Å². The van der Waals surface area contributed by atoms with Crippen molar-refractivity contribution >= 4 is 17.7 Å². The summed E-state index contributed by atoms with van der Waals surface area (Å²) in [6.45, 7) is 7.64. The van der Waals surface area contributed by atoms with Crippen LogP contribution in [0, 0.1) is 6.92 Å². The average molecular weight is 412 g/mol. The number of benzene rings is 1. The highest BCUT2D eigenvalue weighted by atomic mass is 16.5. The first kappa shape index (κ1) is 21.9. The molecule has 1 aliphatic heterocycles. The molecular weight excluding hydrogens is 378 g/mol. The van der Waals surface area contributed by atoms with Crippen LogP contribution in [0.25, 0.3) is 0 Å². The molecule has 2 aromatic rings.